The van der Waals surface area contributed by atoms with Gasteiger partial charge in [-0.3, -0.25) is 0 Å². The lowest BCUT2D eigenvalue weighted by atomic mass is 9.77. The Morgan fingerprint density at radius 1 is 1.43 bits per heavy atom. The highest BCUT2D eigenvalue weighted by atomic mass is 16.5. The number of nitrogens with one attached hydrogen (secondary N) is 1. The first-order valence-corrected chi connectivity index (χ1v) is 4.56. The molecule has 4 nitrogen and oxygen atoms in total. The highest BCUT2D eigenvalue weighted by Gasteiger charge is 2.18. The minimum Gasteiger partial charge on any atom is -0.490 e. The summed E-state index contributed by atoms with van der Waals surface area (Å²) in [6.07, 6.45) is 0. The lowest BCUT2D eigenvalue weighted by Crippen LogP contribution is -2.33. The first-order chi connectivity index (χ1) is 6.68. The first kappa shape index (κ1) is 9.36. The van der Waals surface area contributed by atoms with Crippen molar-refractivity contribution < 1.29 is 14.8 Å². The maximum absolute atomic E-state index is 9.09. The van der Waals surface area contributed by atoms with Crippen LogP contribution in [0.4, 0.5) is 5.69 Å². The van der Waals surface area contributed by atoms with Gasteiger partial charge in [-0.1, -0.05) is 0 Å². The second-order valence-corrected chi connectivity index (χ2v) is 3.35. The van der Waals surface area contributed by atoms with E-state index in [1.54, 1.807) is 6.07 Å². The number of anilines is 1. The number of rotatable bonds is 1. The zero-order valence-electron chi connectivity index (χ0n) is 7.95. The average Bonchev–Trinajstić information content (AvgIpc) is 2.16. The van der Waals surface area contributed by atoms with Crippen LogP contribution in [0, 0.1) is 6.92 Å². The zero-order chi connectivity index (χ0) is 10.1. The van der Waals surface area contributed by atoms with E-state index in [0.29, 0.717) is 12.1 Å². The molecule has 0 fully saturated rings. The van der Waals surface area contributed by atoms with Crippen LogP contribution < -0.4 is 15.5 Å². The van der Waals surface area contributed by atoms with Gasteiger partial charge in [0, 0.05) is 6.54 Å². The Hall–Kier alpha value is -1.20. The fourth-order valence-corrected chi connectivity index (χ4v) is 1.58. The van der Waals surface area contributed by atoms with Crippen LogP contribution in [0.25, 0.3) is 0 Å². The Balaban J connectivity index is 2.45. The van der Waals surface area contributed by atoms with E-state index in [1.165, 1.54) is 0 Å². The van der Waals surface area contributed by atoms with Crippen LogP contribution in [-0.4, -0.2) is 30.3 Å². The Labute approximate surface area is 82.7 Å². The predicted octanol–water partition coefficient (Wildman–Crippen LogP) is -0.521. The molecule has 14 heavy (non-hydrogen) atoms. The van der Waals surface area contributed by atoms with Crippen molar-refractivity contribution in [2.45, 2.75) is 6.92 Å². The van der Waals surface area contributed by atoms with Gasteiger partial charge in [-0.2, -0.15) is 0 Å². The predicted molar refractivity (Wildman–Crippen MR) is 55.0 cm³/mol. The van der Waals surface area contributed by atoms with Gasteiger partial charge in [0.05, 0.1) is 5.69 Å². The summed E-state index contributed by atoms with van der Waals surface area (Å²) in [6.45, 7) is 3.22. The Kier molecular flexibility index (Phi) is 2.35. The summed E-state index contributed by atoms with van der Waals surface area (Å²) in [7, 11) is -1.43. The van der Waals surface area contributed by atoms with Crippen molar-refractivity contribution >= 4 is 18.3 Å². The monoisotopic (exact) mass is 193 g/mol. The fraction of sp³-hybridized carbons (Fsp3) is 0.333. The zero-order valence-corrected chi connectivity index (χ0v) is 7.95. The molecule has 1 aromatic rings. The molecule has 0 spiro atoms. The summed E-state index contributed by atoms with van der Waals surface area (Å²) >= 11 is 0. The van der Waals surface area contributed by atoms with Crippen molar-refractivity contribution in [3.63, 3.8) is 0 Å². The van der Waals surface area contributed by atoms with Gasteiger partial charge in [0.15, 0.2) is 0 Å². The van der Waals surface area contributed by atoms with Crippen LogP contribution in [0.15, 0.2) is 12.1 Å². The molecule has 0 amide bonds. The molecule has 0 bridgehead atoms. The molecule has 1 aliphatic heterocycles. The molecule has 1 aromatic carbocycles. The minimum absolute atomic E-state index is 0.516. The maximum atomic E-state index is 9.09. The van der Waals surface area contributed by atoms with E-state index >= 15 is 0 Å². The summed E-state index contributed by atoms with van der Waals surface area (Å²) in [5.74, 6) is 0.776. The van der Waals surface area contributed by atoms with Gasteiger partial charge in [0.25, 0.3) is 0 Å². The molecule has 3 N–H and O–H groups in total. The summed E-state index contributed by atoms with van der Waals surface area (Å²) in [5, 5.41) is 21.3. The average molecular weight is 193 g/mol. The fourth-order valence-electron chi connectivity index (χ4n) is 1.58. The van der Waals surface area contributed by atoms with Crippen molar-refractivity contribution in [1.82, 2.24) is 0 Å². The summed E-state index contributed by atoms with van der Waals surface area (Å²) < 4.78 is 5.41. The topological polar surface area (TPSA) is 61.7 Å². The van der Waals surface area contributed by atoms with E-state index in [0.717, 1.165) is 23.5 Å². The third-order valence-corrected chi connectivity index (χ3v) is 2.32. The van der Waals surface area contributed by atoms with Crippen LogP contribution >= 0.6 is 0 Å². The molecule has 0 radical (unpaired) electrons. The molecule has 0 saturated carbocycles. The van der Waals surface area contributed by atoms with Gasteiger partial charge in [-0.25, -0.2) is 0 Å². The van der Waals surface area contributed by atoms with Crippen molar-refractivity contribution in [2.24, 2.45) is 0 Å². The van der Waals surface area contributed by atoms with E-state index in [9.17, 15) is 0 Å². The number of benzene rings is 1. The van der Waals surface area contributed by atoms with Crippen molar-refractivity contribution in [1.29, 1.82) is 0 Å². The SMILES string of the molecule is Cc1cc2c(cc1B(O)O)NCCO2. The highest BCUT2D eigenvalue weighted by Crippen LogP contribution is 2.26. The lowest BCUT2D eigenvalue weighted by molar-refractivity contribution is 0.323. The van der Waals surface area contributed by atoms with E-state index < -0.39 is 7.12 Å². The normalized spacial score (nSPS) is 13.9. The van der Waals surface area contributed by atoms with Gasteiger partial charge in [-0.15, -0.1) is 0 Å². The number of aryl methyl sites for hydroxylation is 1. The Bertz CT molecular complexity index is 354. The smallest absolute Gasteiger partial charge is 0.488 e. The van der Waals surface area contributed by atoms with Crippen molar-refractivity contribution in [3.05, 3.63) is 17.7 Å². The molecule has 0 unspecified atom stereocenters. The van der Waals surface area contributed by atoms with Gasteiger partial charge in [-0.05, 0) is 30.1 Å². The molecule has 2 rings (SSSR count). The van der Waals surface area contributed by atoms with E-state index in [4.69, 9.17) is 14.8 Å². The van der Waals surface area contributed by atoms with Gasteiger partial charge >= 0.3 is 7.12 Å². The molecule has 0 aromatic heterocycles. The van der Waals surface area contributed by atoms with Crippen molar-refractivity contribution in [2.75, 3.05) is 18.5 Å². The molecule has 1 aliphatic rings. The molecule has 1 heterocycles. The summed E-state index contributed by atoms with van der Waals surface area (Å²) in [4.78, 5) is 0. The van der Waals surface area contributed by atoms with Crippen molar-refractivity contribution in [3.8, 4) is 5.75 Å². The standard InChI is InChI=1S/C9H12BNO3/c1-6-4-9-8(11-2-3-14-9)5-7(6)10(12)13/h4-5,11-13H,2-3H2,1H3. The molecule has 0 atom stereocenters. The third-order valence-electron chi connectivity index (χ3n) is 2.32. The van der Waals surface area contributed by atoms with Crippen LogP contribution in [0.1, 0.15) is 5.56 Å². The summed E-state index contributed by atoms with van der Waals surface area (Å²) in [5.41, 5.74) is 2.16. The number of ether oxygens (including phenoxy) is 1. The largest absolute Gasteiger partial charge is 0.490 e. The van der Waals surface area contributed by atoms with E-state index in [1.807, 2.05) is 13.0 Å². The Morgan fingerprint density at radius 2 is 2.21 bits per heavy atom. The second kappa shape index (κ2) is 3.51. The lowest BCUT2D eigenvalue weighted by Gasteiger charge is -2.21. The van der Waals surface area contributed by atoms with Crippen LogP contribution in [0.5, 0.6) is 5.75 Å². The summed E-state index contributed by atoms with van der Waals surface area (Å²) in [6, 6.07) is 3.53. The second-order valence-electron chi connectivity index (χ2n) is 3.35. The molecule has 0 aliphatic carbocycles. The van der Waals surface area contributed by atoms with Gasteiger partial charge < -0.3 is 20.1 Å². The Morgan fingerprint density at radius 3 is 2.93 bits per heavy atom. The molecule has 74 valence electrons. The highest BCUT2D eigenvalue weighted by molar-refractivity contribution is 6.59. The molecular formula is C9H12BNO3. The molecular weight excluding hydrogens is 181 g/mol. The third kappa shape index (κ3) is 1.56. The molecule has 0 saturated heterocycles. The number of hydrogen-bond acceptors (Lipinski definition) is 4. The number of hydrogen-bond donors (Lipinski definition) is 3. The van der Waals surface area contributed by atoms with Crippen LogP contribution in [-0.2, 0) is 0 Å². The minimum atomic E-state index is -1.43. The van der Waals surface area contributed by atoms with E-state index in [-0.39, 0.29) is 0 Å². The van der Waals surface area contributed by atoms with Gasteiger partial charge in [0.2, 0.25) is 0 Å². The quantitative estimate of drug-likeness (QED) is 0.525. The maximum Gasteiger partial charge on any atom is 0.488 e. The molecule has 5 heteroatoms. The number of fused-ring (bicyclic) bond motifs is 1. The van der Waals surface area contributed by atoms with Gasteiger partial charge in [0.1, 0.15) is 12.4 Å². The van der Waals surface area contributed by atoms with E-state index in [2.05, 4.69) is 5.32 Å². The van der Waals surface area contributed by atoms with Crippen LogP contribution in [0.3, 0.4) is 0 Å². The first-order valence-electron chi connectivity index (χ1n) is 4.56. The van der Waals surface area contributed by atoms with Crippen LogP contribution in [0.2, 0.25) is 0 Å².